The quantitative estimate of drug-likeness (QED) is 0.803. The van der Waals surface area contributed by atoms with Crippen LogP contribution in [0.15, 0.2) is 24.3 Å². The molecule has 0 spiro atoms. The molecule has 2 heteroatoms. The topological polar surface area (TPSA) is 29.3 Å². The summed E-state index contributed by atoms with van der Waals surface area (Å²) in [6.07, 6.45) is 5.56. The van der Waals surface area contributed by atoms with Gasteiger partial charge in [0.25, 0.3) is 0 Å². The highest BCUT2D eigenvalue weighted by Gasteiger charge is 2.23. The molecule has 0 unspecified atom stereocenters. The van der Waals surface area contributed by atoms with E-state index in [1.54, 1.807) is 0 Å². The van der Waals surface area contributed by atoms with Crippen LogP contribution >= 0.6 is 0 Å². The van der Waals surface area contributed by atoms with Gasteiger partial charge in [-0.2, -0.15) is 0 Å². The Balaban J connectivity index is 2.01. The lowest BCUT2D eigenvalue weighted by Gasteiger charge is -2.30. The minimum atomic E-state index is 0.736. The molecule has 0 aliphatic heterocycles. The standard InChI is InChI=1S/C16H26N2/c1-13(2)11-18(16-5-3-4-6-16)12-14-7-9-15(17)10-8-14/h7-10,13,16H,3-6,11-12,17H2,1-2H3. The molecule has 2 nitrogen and oxygen atoms in total. The van der Waals surface area contributed by atoms with E-state index in [4.69, 9.17) is 5.73 Å². The largest absolute Gasteiger partial charge is 0.399 e. The third-order valence-corrected chi connectivity index (χ3v) is 3.81. The van der Waals surface area contributed by atoms with Crippen molar-refractivity contribution >= 4 is 5.69 Å². The molecule has 1 aromatic carbocycles. The minimum Gasteiger partial charge on any atom is -0.399 e. The first-order valence-electron chi connectivity index (χ1n) is 7.23. The SMILES string of the molecule is CC(C)CN(Cc1ccc(N)cc1)C1CCCC1. The number of benzene rings is 1. The second-order valence-corrected chi connectivity index (χ2v) is 6.00. The van der Waals surface area contributed by atoms with Crippen LogP contribution in [0, 0.1) is 5.92 Å². The van der Waals surface area contributed by atoms with Gasteiger partial charge in [0, 0.05) is 24.8 Å². The zero-order valence-corrected chi connectivity index (χ0v) is 11.7. The number of anilines is 1. The molecular formula is C16H26N2. The molecule has 0 saturated heterocycles. The third kappa shape index (κ3) is 3.74. The third-order valence-electron chi connectivity index (χ3n) is 3.81. The predicted octanol–water partition coefficient (Wildman–Crippen LogP) is 3.67. The lowest BCUT2D eigenvalue weighted by molar-refractivity contribution is 0.168. The van der Waals surface area contributed by atoms with Crippen LogP contribution in [0.5, 0.6) is 0 Å². The summed E-state index contributed by atoms with van der Waals surface area (Å²) in [5.41, 5.74) is 7.99. The van der Waals surface area contributed by atoms with E-state index in [1.807, 2.05) is 12.1 Å². The van der Waals surface area contributed by atoms with Gasteiger partial charge in [0.2, 0.25) is 0 Å². The van der Waals surface area contributed by atoms with Crippen molar-refractivity contribution in [3.63, 3.8) is 0 Å². The lowest BCUT2D eigenvalue weighted by Crippen LogP contribution is -2.35. The van der Waals surface area contributed by atoms with Crippen LogP contribution in [-0.4, -0.2) is 17.5 Å². The summed E-state index contributed by atoms with van der Waals surface area (Å²) in [6.45, 7) is 6.90. The molecule has 100 valence electrons. The molecule has 1 fully saturated rings. The van der Waals surface area contributed by atoms with Gasteiger partial charge >= 0.3 is 0 Å². The Morgan fingerprint density at radius 2 is 1.78 bits per heavy atom. The number of nitrogens with two attached hydrogens (primary N) is 1. The zero-order valence-electron chi connectivity index (χ0n) is 11.7. The summed E-state index contributed by atoms with van der Waals surface area (Å²) >= 11 is 0. The van der Waals surface area contributed by atoms with E-state index >= 15 is 0 Å². The smallest absolute Gasteiger partial charge is 0.0314 e. The molecule has 0 atom stereocenters. The fourth-order valence-electron chi connectivity index (χ4n) is 2.94. The Bertz CT molecular complexity index is 350. The van der Waals surface area contributed by atoms with Gasteiger partial charge in [-0.15, -0.1) is 0 Å². The van der Waals surface area contributed by atoms with Crippen LogP contribution in [-0.2, 0) is 6.54 Å². The summed E-state index contributed by atoms with van der Waals surface area (Å²) in [7, 11) is 0. The Hall–Kier alpha value is -1.02. The van der Waals surface area contributed by atoms with Crippen LogP contribution in [0.3, 0.4) is 0 Å². The molecule has 1 saturated carbocycles. The van der Waals surface area contributed by atoms with Crippen molar-refractivity contribution in [2.24, 2.45) is 5.92 Å². The van der Waals surface area contributed by atoms with Crippen molar-refractivity contribution in [2.45, 2.75) is 52.1 Å². The summed E-state index contributed by atoms with van der Waals surface area (Å²) in [5.74, 6) is 0.736. The number of nitrogen functional groups attached to an aromatic ring is 1. The first-order valence-corrected chi connectivity index (χ1v) is 7.23. The first kappa shape index (κ1) is 13.4. The van der Waals surface area contributed by atoms with Crippen LogP contribution < -0.4 is 5.73 Å². The molecule has 0 aromatic heterocycles. The lowest BCUT2D eigenvalue weighted by atomic mass is 10.1. The highest BCUT2D eigenvalue weighted by molar-refractivity contribution is 5.39. The number of nitrogens with zero attached hydrogens (tertiary/aromatic N) is 1. The monoisotopic (exact) mass is 246 g/mol. The Morgan fingerprint density at radius 3 is 2.33 bits per heavy atom. The molecule has 1 aliphatic carbocycles. The van der Waals surface area contributed by atoms with Gasteiger partial charge in [-0.25, -0.2) is 0 Å². The van der Waals surface area contributed by atoms with E-state index < -0.39 is 0 Å². The maximum Gasteiger partial charge on any atom is 0.0314 e. The maximum absolute atomic E-state index is 5.75. The summed E-state index contributed by atoms with van der Waals surface area (Å²) in [4.78, 5) is 2.67. The Morgan fingerprint density at radius 1 is 1.17 bits per heavy atom. The van der Waals surface area contributed by atoms with Gasteiger partial charge in [0.05, 0.1) is 0 Å². The summed E-state index contributed by atoms with van der Waals surface area (Å²) in [6, 6.07) is 9.15. The van der Waals surface area contributed by atoms with Gasteiger partial charge in [-0.3, -0.25) is 4.90 Å². The summed E-state index contributed by atoms with van der Waals surface area (Å²) < 4.78 is 0. The van der Waals surface area contributed by atoms with Gasteiger partial charge in [0.1, 0.15) is 0 Å². The minimum absolute atomic E-state index is 0.736. The molecule has 1 aliphatic rings. The second-order valence-electron chi connectivity index (χ2n) is 6.00. The van der Waals surface area contributed by atoms with Crippen molar-refractivity contribution < 1.29 is 0 Å². The van der Waals surface area contributed by atoms with Crippen molar-refractivity contribution in [2.75, 3.05) is 12.3 Å². The van der Waals surface area contributed by atoms with Crippen molar-refractivity contribution in [3.05, 3.63) is 29.8 Å². The highest BCUT2D eigenvalue weighted by Crippen LogP contribution is 2.25. The highest BCUT2D eigenvalue weighted by atomic mass is 15.2. The van der Waals surface area contributed by atoms with E-state index in [-0.39, 0.29) is 0 Å². The van der Waals surface area contributed by atoms with Crippen molar-refractivity contribution in [1.82, 2.24) is 4.90 Å². The van der Waals surface area contributed by atoms with E-state index in [2.05, 4.69) is 30.9 Å². The zero-order chi connectivity index (χ0) is 13.0. The summed E-state index contributed by atoms with van der Waals surface area (Å²) in [5, 5.41) is 0. The van der Waals surface area contributed by atoms with Crippen LogP contribution in [0.1, 0.15) is 45.1 Å². The van der Waals surface area contributed by atoms with E-state index in [9.17, 15) is 0 Å². The fourth-order valence-corrected chi connectivity index (χ4v) is 2.94. The van der Waals surface area contributed by atoms with Gasteiger partial charge in [-0.1, -0.05) is 38.8 Å². The molecule has 0 heterocycles. The molecule has 2 N–H and O–H groups in total. The van der Waals surface area contributed by atoms with Crippen LogP contribution in [0.25, 0.3) is 0 Å². The van der Waals surface area contributed by atoms with E-state index in [1.165, 1.54) is 37.8 Å². The van der Waals surface area contributed by atoms with Crippen LogP contribution in [0.2, 0.25) is 0 Å². The normalized spacial score (nSPS) is 16.9. The molecule has 1 aromatic rings. The van der Waals surface area contributed by atoms with Crippen LogP contribution in [0.4, 0.5) is 5.69 Å². The Labute approximate surface area is 111 Å². The first-order chi connectivity index (χ1) is 8.65. The number of hydrogen-bond donors (Lipinski definition) is 1. The predicted molar refractivity (Wildman–Crippen MR) is 78.4 cm³/mol. The van der Waals surface area contributed by atoms with Gasteiger partial charge in [0.15, 0.2) is 0 Å². The number of rotatable bonds is 5. The molecule has 0 amide bonds. The molecule has 0 radical (unpaired) electrons. The molecule has 2 rings (SSSR count). The van der Waals surface area contributed by atoms with E-state index in [0.29, 0.717) is 0 Å². The average molecular weight is 246 g/mol. The van der Waals surface area contributed by atoms with Crippen molar-refractivity contribution in [3.8, 4) is 0 Å². The second kappa shape index (κ2) is 6.24. The van der Waals surface area contributed by atoms with Gasteiger partial charge in [-0.05, 0) is 36.5 Å². The molecule has 18 heavy (non-hydrogen) atoms. The number of hydrogen-bond acceptors (Lipinski definition) is 2. The van der Waals surface area contributed by atoms with E-state index in [0.717, 1.165) is 24.2 Å². The Kier molecular flexibility index (Phi) is 4.65. The average Bonchev–Trinajstić information content (AvgIpc) is 2.84. The fraction of sp³-hybridized carbons (Fsp3) is 0.625. The van der Waals surface area contributed by atoms with Crippen molar-refractivity contribution in [1.29, 1.82) is 0 Å². The molecule has 0 bridgehead atoms. The maximum atomic E-state index is 5.75. The van der Waals surface area contributed by atoms with Gasteiger partial charge < -0.3 is 5.73 Å². The molecular weight excluding hydrogens is 220 g/mol.